The molecule has 2 N–H and O–H groups in total. The molecule has 44 heavy (non-hydrogen) atoms. The number of nitro benzene ring substituents is 1. The normalized spacial score (nSPS) is 12.1. The van der Waals surface area contributed by atoms with Gasteiger partial charge in [0.1, 0.15) is 29.5 Å². The Bertz CT molecular complexity index is 1420. The zero-order chi connectivity index (χ0) is 32.3. The number of benzene rings is 2. The number of hydrogen-bond acceptors (Lipinski definition) is 12. The molecule has 0 fully saturated rings. The third kappa shape index (κ3) is 10.6. The maximum Gasteiger partial charge on any atom is 0.513 e. The van der Waals surface area contributed by atoms with Gasteiger partial charge in [0.15, 0.2) is 5.82 Å². The summed E-state index contributed by atoms with van der Waals surface area (Å²) < 4.78 is 22.6. The zero-order valence-corrected chi connectivity index (χ0v) is 25.0. The minimum Gasteiger partial charge on any atom is -0.444 e. The highest BCUT2D eigenvalue weighted by Crippen LogP contribution is 2.18. The summed E-state index contributed by atoms with van der Waals surface area (Å²) in [6, 6.07) is 13.4. The number of nitro groups is 1. The number of tetrazole rings is 1. The number of aromatic nitrogens is 4. The SMILES string of the molecule is CC(C)(C)OC(=O)NC(C)(C)C(=O)N[C@H](COCc1ccccc1)c1nnnn1CCOC(=O)Oc1ccc([N+](=O)[O-])cc1. The van der Waals surface area contributed by atoms with Gasteiger partial charge in [0, 0.05) is 12.1 Å². The molecule has 3 rings (SSSR count). The standard InChI is InChI=1S/C28H35N7O9/c1-27(2,3)44-25(37)30-28(4,5)24(36)29-22(18-41-17-19-9-7-6-8-10-19)23-31-32-33-34(23)15-16-42-26(38)43-21-13-11-20(12-14-21)35(39)40/h6-14,22H,15-18H2,1-5H3,(H,29,36)(H,30,37)/t22-/m1/s1. The average Bonchev–Trinajstić information content (AvgIpc) is 3.40. The van der Waals surface area contributed by atoms with E-state index < -0.39 is 40.3 Å². The summed E-state index contributed by atoms with van der Waals surface area (Å²) in [7, 11) is 0. The maximum absolute atomic E-state index is 13.3. The molecule has 16 heteroatoms. The molecule has 1 atom stereocenters. The number of carbonyl (C=O) groups excluding carboxylic acids is 3. The Balaban J connectivity index is 1.66. The van der Waals surface area contributed by atoms with Crippen molar-refractivity contribution in [2.45, 2.75) is 65.0 Å². The number of rotatable bonds is 13. The van der Waals surface area contributed by atoms with E-state index in [1.807, 2.05) is 30.3 Å². The van der Waals surface area contributed by atoms with Crippen molar-refractivity contribution in [3.05, 3.63) is 76.1 Å². The lowest BCUT2D eigenvalue weighted by Crippen LogP contribution is -2.56. The van der Waals surface area contributed by atoms with Crippen LogP contribution in [0.15, 0.2) is 54.6 Å². The van der Waals surface area contributed by atoms with Gasteiger partial charge < -0.3 is 29.6 Å². The first kappa shape index (κ1) is 33.4. The number of hydrogen-bond donors (Lipinski definition) is 2. The van der Waals surface area contributed by atoms with Gasteiger partial charge in [-0.3, -0.25) is 14.9 Å². The average molecular weight is 614 g/mol. The lowest BCUT2D eigenvalue weighted by molar-refractivity contribution is -0.384. The van der Waals surface area contributed by atoms with Crippen LogP contribution in [0.5, 0.6) is 5.75 Å². The smallest absolute Gasteiger partial charge is 0.444 e. The monoisotopic (exact) mass is 613 g/mol. The van der Waals surface area contributed by atoms with Crippen molar-refractivity contribution in [2.75, 3.05) is 13.2 Å². The van der Waals surface area contributed by atoms with Gasteiger partial charge in [-0.15, -0.1) is 5.10 Å². The molecular formula is C28H35N7O9. The van der Waals surface area contributed by atoms with Crippen LogP contribution in [0.25, 0.3) is 0 Å². The van der Waals surface area contributed by atoms with E-state index in [2.05, 4.69) is 26.2 Å². The Morgan fingerprint density at radius 1 is 1.02 bits per heavy atom. The molecule has 0 saturated carbocycles. The second-order valence-electron chi connectivity index (χ2n) is 11.0. The van der Waals surface area contributed by atoms with Crippen LogP contribution in [-0.2, 0) is 32.2 Å². The summed E-state index contributed by atoms with van der Waals surface area (Å²) in [6.45, 7) is 8.14. The molecule has 236 valence electrons. The molecular weight excluding hydrogens is 578 g/mol. The summed E-state index contributed by atoms with van der Waals surface area (Å²) in [4.78, 5) is 48.0. The van der Waals surface area contributed by atoms with Gasteiger partial charge in [-0.2, -0.15) is 0 Å². The molecule has 0 bridgehead atoms. The third-order valence-corrected chi connectivity index (χ3v) is 5.73. The summed E-state index contributed by atoms with van der Waals surface area (Å²) in [5.41, 5.74) is -1.40. The summed E-state index contributed by atoms with van der Waals surface area (Å²) in [5, 5.41) is 27.8. The molecule has 1 heterocycles. The van der Waals surface area contributed by atoms with Gasteiger partial charge in [0.2, 0.25) is 5.91 Å². The highest BCUT2D eigenvalue weighted by Gasteiger charge is 2.34. The highest BCUT2D eigenvalue weighted by atomic mass is 16.7. The number of alkyl carbamates (subject to hydrolysis) is 1. The first-order valence-electron chi connectivity index (χ1n) is 13.5. The molecule has 16 nitrogen and oxygen atoms in total. The van der Waals surface area contributed by atoms with Gasteiger partial charge in [0.25, 0.3) is 5.69 Å². The summed E-state index contributed by atoms with van der Waals surface area (Å²) >= 11 is 0. The van der Waals surface area contributed by atoms with Crippen molar-refractivity contribution < 1.29 is 38.3 Å². The largest absolute Gasteiger partial charge is 0.513 e. The summed E-state index contributed by atoms with van der Waals surface area (Å²) in [6.07, 6.45) is -1.81. The van der Waals surface area contributed by atoms with E-state index in [4.69, 9.17) is 18.9 Å². The molecule has 3 aromatic rings. The number of nitrogens with one attached hydrogen (secondary N) is 2. The molecule has 2 aromatic carbocycles. The number of carbonyl (C=O) groups is 3. The van der Waals surface area contributed by atoms with E-state index in [0.717, 1.165) is 5.56 Å². The Morgan fingerprint density at radius 2 is 1.70 bits per heavy atom. The van der Waals surface area contributed by atoms with Gasteiger partial charge in [-0.1, -0.05) is 30.3 Å². The quantitative estimate of drug-likeness (QED) is 0.123. The van der Waals surface area contributed by atoms with Crippen LogP contribution in [0.3, 0.4) is 0 Å². The number of ether oxygens (including phenoxy) is 4. The predicted molar refractivity (Wildman–Crippen MR) is 153 cm³/mol. The third-order valence-electron chi connectivity index (χ3n) is 5.73. The van der Waals surface area contributed by atoms with Gasteiger partial charge >= 0.3 is 12.2 Å². The molecule has 0 aliphatic carbocycles. The molecule has 0 unspecified atom stereocenters. The van der Waals surface area contributed by atoms with Crippen LogP contribution in [0.4, 0.5) is 15.3 Å². The number of non-ortho nitro benzene ring substituents is 1. The minimum absolute atomic E-state index is 0.0116. The van der Waals surface area contributed by atoms with Crippen LogP contribution in [0, 0.1) is 10.1 Å². The molecule has 0 aliphatic heterocycles. The van der Waals surface area contributed by atoms with E-state index in [1.54, 1.807) is 20.8 Å². The van der Waals surface area contributed by atoms with Gasteiger partial charge in [-0.05, 0) is 62.7 Å². The van der Waals surface area contributed by atoms with E-state index in [-0.39, 0.29) is 43.6 Å². The van der Waals surface area contributed by atoms with Crippen molar-refractivity contribution in [3.8, 4) is 5.75 Å². The Kier molecular flexibility index (Phi) is 11.3. The molecule has 0 aliphatic rings. The first-order chi connectivity index (χ1) is 20.7. The van der Waals surface area contributed by atoms with E-state index in [9.17, 15) is 24.5 Å². The molecule has 0 saturated heterocycles. The van der Waals surface area contributed by atoms with Crippen LogP contribution in [-0.4, -0.2) is 67.6 Å². The van der Waals surface area contributed by atoms with Crippen molar-refractivity contribution in [1.29, 1.82) is 0 Å². The lowest BCUT2D eigenvalue weighted by atomic mass is 10.0. The topological polar surface area (TPSA) is 199 Å². The van der Waals surface area contributed by atoms with Crippen LogP contribution in [0.2, 0.25) is 0 Å². The van der Waals surface area contributed by atoms with Gasteiger partial charge in [0.05, 0.1) is 24.7 Å². The minimum atomic E-state index is -1.39. The zero-order valence-electron chi connectivity index (χ0n) is 25.0. The summed E-state index contributed by atoms with van der Waals surface area (Å²) in [5.74, 6) is -0.300. The Labute approximate surface area is 253 Å². The van der Waals surface area contributed by atoms with Crippen molar-refractivity contribution in [2.24, 2.45) is 0 Å². The van der Waals surface area contributed by atoms with Crippen LogP contribution < -0.4 is 15.4 Å². The fourth-order valence-corrected chi connectivity index (χ4v) is 3.60. The van der Waals surface area contributed by atoms with E-state index >= 15 is 0 Å². The second-order valence-corrected chi connectivity index (χ2v) is 11.0. The predicted octanol–water partition coefficient (Wildman–Crippen LogP) is 3.47. The van der Waals surface area contributed by atoms with E-state index in [1.165, 1.54) is 42.8 Å². The molecule has 1 aromatic heterocycles. The number of nitrogens with zero attached hydrogens (tertiary/aromatic N) is 5. The fraction of sp³-hybridized carbons (Fsp3) is 0.429. The van der Waals surface area contributed by atoms with Crippen LogP contribution in [0.1, 0.15) is 52.0 Å². The molecule has 0 spiro atoms. The van der Waals surface area contributed by atoms with Crippen molar-refractivity contribution in [1.82, 2.24) is 30.8 Å². The Morgan fingerprint density at radius 3 is 2.34 bits per heavy atom. The Hall–Kier alpha value is -5.12. The van der Waals surface area contributed by atoms with Crippen molar-refractivity contribution >= 4 is 23.8 Å². The number of amides is 2. The fourth-order valence-electron chi connectivity index (χ4n) is 3.60. The van der Waals surface area contributed by atoms with Crippen molar-refractivity contribution in [3.63, 3.8) is 0 Å². The molecule has 0 radical (unpaired) electrons. The van der Waals surface area contributed by atoms with Gasteiger partial charge in [-0.25, -0.2) is 14.3 Å². The second kappa shape index (κ2) is 14.9. The van der Waals surface area contributed by atoms with Crippen LogP contribution >= 0.6 is 0 Å². The first-order valence-corrected chi connectivity index (χ1v) is 13.5. The lowest BCUT2D eigenvalue weighted by Gasteiger charge is -2.29. The van der Waals surface area contributed by atoms with E-state index in [0.29, 0.717) is 0 Å². The highest BCUT2D eigenvalue weighted by molar-refractivity contribution is 5.89. The molecule has 2 amide bonds. The maximum atomic E-state index is 13.3.